The zero-order valence-corrected chi connectivity index (χ0v) is 15.3. The highest BCUT2D eigenvalue weighted by atomic mass is 32.1. The Kier molecular flexibility index (Phi) is 4.65. The van der Waals surface area contributed by atoms with E-state index in [9.17, 15) is 4.79 Å². The molecule has 1 aromatic heterocycles. The van der Waals surface area contributed by atoms with Crippen LogP contribution in [0.15, 0.2) is 0 Å². The van der Waals surface area contributed by atoms with Crippen LogP contribution in [0.5, 0.6) is 0 Å². The van der Waals surface area contributed by atoms with Gasteiger partial charge in [-0.25, -0.2) is 9.78 Å². The lowest BCUT2D eigenvalue weighted by Crippen LogP contribution is -2.39. The smallest absolute Gasteiger partial charge is 0.410 e. The maximum absolute atomic E-state index is 12.1. The number of hydrogen-bond acceptors (Lipinski definition) is 5. The number of likely N-dealkylation sites (tertiary alicyclic amines) is 1. The maximum Gasteiger partial charge on any atom is 0.410 e. The van der Waals surface area contributed by atoms with Gasteiger partial charge in [0.15, 0.2) is 0 Å². The molecule has 1 aromatic rings. The van der Waals surface area contributed by atoms with E-state index in [0.29, 0.717) is 12.6 Å². The van der Waals surface area contributed by atoms with Crippen molar-refractivity contribution in [1.82, 2.24) is 15.2 Å². The third kappa shape index (κ3) is 4.04. The first-order chi connectivity index (χ1) is 10.8. The fourth-order valence-electron chi connectivity index (χ4n) is 3.21. The van der Waals surface area contributed by atoms with Gasteiger partial charge in [0.2, 0.25) is 0 Å². The Hall–Kier alpha value is -1.14. The van der Waals surface area contributed by atoms with Crippen LogP contribution in [0.2, 0.25) is 0 Å². The van der Waals surface area contributed by atoms with Gasteiger partial charge < -0.3 is 15.0 Å². The summed E-state index contributed by atoms with van der Waals surface area (Å²) in [5.41, 5.74) is 0.873. The highest BCUT2D eigenvalue weighted by Gasteiger charge is 2.31. The van der Waals surface area contributed by atoms with Gasteiger partial charge in [-0.1, -0.05) is 0 Å². The van der Waals surface area contributed by atoms with Crippen molar-refractivity contribution >= 4 is 17.4 Å². The summed E-state index contributed by atoms with van der Waals surface area (Å²) < 4.78 is 5.45. The largest absolute Gasteiger partial charge is 0.444 e. The van der Waals surface area contributed by atoms with Crippen molar-refractivity contribution in [1.29, 1.82) is 0 Å². The minimum Gasteiger partial charge on any atom is -0.444 e. The van der Waals surface area contributed by atoms with Crippen LogP contribution >= 0.6 is 11.3 Å². The first-order valence-electron chi connectivity index (χ1n) is 8.54. The van der Waals surface area contributed by atoms with Crippen LogP contribution in [0, 0.1) is 0 Å². The maximum atomic E-state index is 12.1. The molecular formula is C17H27N3O2S. The van der Waals surface area contributed by atoms with E-state index >= 15 is 0 Å². The van der Waals surface area contributed by atoms with Crippen molar-refractivity contribution in [3.63, 3.8) is 0 Å². The highest BCUT2D eigenvalue weighted by molar-refractivity contribution is 7.11. The molecule has 128 valence electrons. The Labute approximate surface area is 142 Å². The van der Waals surface area contributed by atoms with Crippen LogP contribution in [-0.4, -0.2) is 40.7 Å². The van der Waals surface area contributed by atoms with Crippen LogP contribution in [-0.2, 0) is 17.6 Å². The summed E-state index contributed by atoms with van der Waals surface area (Å²) in [7, 11) is 0. The molecule has 1 aliphatic carbocycles. The van der Waals surface area contributed by atoms with E-state index in [1.807, 2.05) is 32.1 Å². The van der Waals surface area contributed by atoms with Gasteiger partial charge in [0.05, 0.1) is 11.7 Å². The molecule has 0 unspecified atom stereocenters. The summed E-state index contributed by atoms with van der Waals surface area (Å²) in [6.45, 7) is 9.35. The van der Waals surface area contributed by atoms with E-state index in [0.717, 1.165) is 19.4 Å². The number of aryl methyl sites for hydroxylation is 2. The first-order valence-corrected chi connectivity index (χ1v) is 9.36. The average Bonchev–Trinajstić information content (AvgIpc) is 3.10. The van der Waals surface area contributed by atoms with Crippen molar-refractivity contribution in [3.8, 4) is 0 Å². The van der Waals surface area contributed by atoms with E-state index < -0.39 is 5.60 Å². The molecule has 1 saturated heterocycles. The zero-order chi connectivity index (χ0) is 16.6. The van der Waals surface area contributed by atoms with E-state index in [1.54, 1.807) is 4.90 Å². The molecule has 0 radical (unpaired) electrons. The molecule has 3 rings (SSSR count). The van der Waals surface area contributed by atoms with Crippen LogP contribution in [0.4, 0.5) is 4.79 Å². The SMILES string of the molecule is C[C@@H](N[C@@H]1CCN(C(=O)OC(C)(C)C)C1)c1nc2c(s1)CCC2. The molecule has 5 nitrogen and oxygen atoms in total. The summed E-state index contributed by atoms with van der Waals surface area (Å²) >= 11 is 1.85. The number of thiazole rings is 1. The van der Waals surface area contributed by atoms with Crippen molar-refractivity contribution < 1.29 is 9.53 Å². The topological polar surface area (TPSA) is 54.5 Å². The fraction of sp³-hybridized carbons (Fsp3) is 0.765. The van der Waals surface area contributed by atoms with Gasteiger partial charge in [-0.15, -0.1) is 11.3 Å². The molecule has 2 aliphatic rings. The molecule has 2 heterocycles. The second-order valence-corrected chi connectivity index (χ2v) is 8.69. The van der Waals surface area contributed by atoms with E-state index in [4.69, 9.17) is 9.72 Å². The third-order valence-corrected chi connectivity index (χ3v) is 5.65. The molecule has 1 aliphatic heterocycles. The number of carbonyl (C=O) groups is 1. The van der Waals surface area contributed by atoms with Crippen LogP contribution in [0.1, 0.15) is 62.2 Å². The Balaban J connectivity index is 1.52. The van der Waals surface area contributed by atoms with Crippen LogP contribution in [0.25, 0.3) is 0 Å². The molecule has 0 saturated carbocycles. The lowest BCUT2D eigenvalue weighted by molar-refractivity contribution is 0.0290. The van der Waals surface area contributed by atoms with E-state index in [2.05, 4.69) is 12.2 Å². The standard InChI is InChI=1S/C17H27N3O2S/c1-11(15-19-13-6-5-7-14(13)23-15)18-12-8-9-20(10-12)16(21)22-17(2,3)4/h11-12,18H,5-10H2,1-4H3/t11-,12-/m1/s1. The molecular weight excluding hydrogens is 310 g/mol. The monoisotopic (exact) mass is 337 g/mol. The predicted octanol–water partition coefficient (Wildman–Crippen LogP) is 3.29. The highest BCUT2D eigenvalue weighted by Crippen LogP contribution is 2.31. The quantitative estimate of drug-likeness (QED) is 0.919. The number of aromatic nitrogens is 1. The van der Waals surface area contributed by atoms with Crippen LogP contribution in [0.3, 0.4) is 0 Å². The number of hydrogen-bond donors (Lipinski definition) is 1. The number of ether oxygens (including phenoxy) is 1. The second-order valence-electron chi connectivity index (χ2n) is 7.58. The minimum atomic E-state index is -0.433. The number of carbonyl (C=O) groups excluding carboxylic acids is 1. The summed E-state index contributed by atoms with van der Waals surface area (Å²) in [6.07, 6.45) is 4.34. The van der Waals surface area contributed by atoms with Gasteiger partial charge in [-0.3, -0.25) is 0 Å². The van der Waals surface area contributed by atoms with E-state index in [-0.39, 0.29) is 12.1 Å². The molecule has 2 atom stereocenters. The number of amides is 1. The number of rotatable bonds is 3. The van der Waals surface area contributed by atoms with Gasteiger partial charge in [0, 0.05) is 24.0 Å². The van der Waals surface area contributed by atoms with E-state index in [1.165, 1.54) is 28.4 Å². The third-order valence-electron chi connectivity index (χ3n) is 4.31. The summed E-state index contributed by atoms with van der Waals surface area (Å²) in [4.78, 5) is 20.2. The minimum absolute atomic E-state index is 0.206. The Morgan fingerprint density at radius 2 is 2.22 bits per heavy atom. The van der Waals surface area contributed by atoms with Gasteiger partial charge in [0.25, 0.3) is 0 Å². The molecule has 1 amide bonds. The lowest BCUT2D eigenvalue weighted by Gasteiger charge is -2.24. The number of fused-ring (bicyclic) bond motifs is 1. The molecule has 0 spiro atoms. The van der Waals surface area contributed by atoms with Crippen molar-refractivity contribution in [2.75, 3.05) is 13.1 Å². The summed E-state index contributed by atoms with van der Waals surface area (Å²) in [5, 5.41) is 4.82. The van der Waals surface area contributed by atoms with Crippen LogP contribution < -0.4 is 5.32 Å². The fourth-order valence-corrected chi connectivity index (χ4v) is 4.37. The number of nitrogens with one attached hydrogen (secondary N) is 1. The molecule has 1 N–H and O–H groups in total. The van der Waals surface area contributed by atoms with Crippen molar-refractivity contribution in [3.05, 3.63) is 15.6 Å². The Morgan fingerprint density at radius 1 is 1.43 bits per heavy atom. The molecule has 23 heavy (non-hydrogen) atoms. The average molecular weight is 337 g/mol. The molecule has 6 heteroatoms. The second kappa shape index (κ2) is 6.40. The Morgan fingerprint density at radius 3 is 2.91 bits per heavy atom. The molecule has 0 bridgehead atoms. The Bertz CT molecular complexity index is 557. The molecule has 0 aromatic carbocycles. The van der Waals surface area contributed by atoms with Gasteiger partial charge >= 0.3 is 6.09 Å². The van der Waals surface area contributed by atoms with Gasteiger partial charge in [-0.2, -0.15) is 0 Å². The van der Waals surface area contributed by atoms with Crippen molar-refractivity contribution in [2.45, 2.75) is 71.1 Å². The zero-order valence-electron chi connectivity index (χ0n) is 14.5. The first kappa shape index (κ1) is 16.7. The lowest BCUT2D eigenvalue weighted by atomic mass is 10.2. The summed E-state index contributed by atoms with van der Waals surface area (Å²) in [5.74, 6) is 0. The normalized spacial score (nSPS) is 22.3. The predicted molar refractivity (Wildman–Crippen MR) is 91.9 cm³/mol. The summed E-state index contributed by atoms with van der Waals surface area (Å²) in [6, 6.07) is 0.561. The van der Waals surface area contributed by atoms with Crippen molar-refractivity contribution in [2.24, 2.45) is 0 Å². The van der Waals surface area contributed by atoms with Gasteiger partial charge in [-0.05, 0) is 53.4 Å². The van der Waals surface area contributed by atoms with Gasteiger partial charge in [0.1, 0.15) is 10.6 Å². The number of nitrogens with zero attached hydrogens (tertiary/aromatic N) is 2. The molecule has 1 fully saturated rings.